The summed E-state index contributed by atoms with van der Waals surface area (Å²) in [6.45, 7) is 4.35. The van der Waals surface area contributed by atoms with Crippen molar-refractivity contribution in [2.24, 2.45) is 5.41 Å². The highest BCUT2D eigenvalue weighted by atomic mass is 35.5. The van der Waals surface area contributed by atoms with E-state index in [1.54, 1.807) is 0 Å². The average Bonchev–Trinajstić information content (AvgIpc) is 2.41. The van der Waals surface area contributed by atoms with Crippen LogP contribution < -0.4 is 5.32 Å². The van der Waals surface area contributed by atoms with Gasteiger partial charge in [0.1, 0.15) is 17.1 Å². The second kappa shape index (κ2) is 6.75. The molecule has 106 valence electrons. The molecule has 0 aliphatic rings. The van der Waals surface area contributed by atoms with Crippen LogP contribution >= 0.6 is 11.6 Å². The molecule has 0 bridgehead atoms. The first-order valence-corrected chi connectivity index (χ1v) is 6.84. The fourth-order valence-electron chi connectivity index (χ4n) is 1.83. The molecule has 0 radical (unpaired) electrons. The molecule has 0 atom stereocenters. The van der Waals surface area contributed by atoms with Gasteiger partial charge in [-0.25, -0.2) is 4.39 Å². The first-order valence-electron chi connectivity index (χ1n) is 6.31. The Bertz CT molecular complexity index is 419. The summed E-state index contributed by atoms with van der Waals surface area (Å²) in [6.07, 6.45) is 1.63. The molecule has 5 heteroatoms. The minimum absolute atomic E-state index is 0.196. The number of alkyl halides is 1. The highest BCUT2D eigenvalue weighted by Gasteiger charge is 2.27. The Morgan fingerprint density at radius 3 is 2.53 bits per heavy atom. The summed E-state index contributed by atoms with van der Waals surface area (Å²) in [4.78, 5) is 11.9. The topological polar surface area (TPSA) is 49.3 Å². The van der Waals surface area contributed by atoms with Crippen molar-refractivity contribution in [1.29, 1.82) is 0 Å². The molecule has 0 aromatic heterocycles. The van der Waals surface area contributed by atoms with Crippen LogP contribution in [-0.2, 0) is 0 Å². The number of nitrogens with one attached hydrogen (secondary N) is 1. The average molecular weight is 288 g/mol. The summed E-state index contributed by atoms with van der Waals surface area (Å²) in [5, 5.41) is 12.2. The fourth-order valence-corrected chi connectivity index (χ4v) is 2.30. The predicted molar refractivity (Wildman–Crippen MR) is 74.1 cm³/mol. The SMILES string of the molecule is CCC(CC)(CCl)CNC(=O)c1c(O)cccc1F. The summed E-state index contributed by atoms with van der Waals surface area (Å²) in [5.74, 6) is -1.29. The van der Waals surface area contributed by atoms with Crippen LogP contribution in [0.25, 0.3) is 0 Å². The zero-order valence-electron chi connectivity index (χ0n) is 11.2. The van der Waals surface area contributed by atoms with Crippen molar-refractivity contribution in [3.8, 4) is 5.75 Å². The maximum Gasteiger partial charge on any atom is 0.258 e. The molecular formula is C14H19ClFNO2. The number of carbonyl (C=O) groups is 1. The quantitative estimate of drug-likeness (QED) is 0.789. The molecule has 0 saturated carbocycles. The molecule has 0 spiro atoms. The van der Waals surface area contributed by atoms with Gasteiger partial charge in [-0.15, -0.1) is 11.6 Å². The number of hydrogen-bond acceptors (Lipinski definition) is 2. The number of benzene rings is 1. The van der Waals surface area contributed by atoms with Crippen molar-refractivity contribution in [1.82, 2.24) is 5.32 Å². The molecule has 19 heavy (non-hydrogen) atoms. The van der Waals surface area contributed by atoms with E-state index in [0.29, 0.717) is 12.4 Å². The standard InChI is InChI=1S/C14H19ClFNO2/c1-3-14(4-2,8-15)9-17-13(19)12-10(16)6-5-7-11(12)18/h5-7,18H,3-4,8-9H2,1-2H3,(H,17,19). The van der Waals surface area contributed by atoms with Gasteiger partial charge in [0.2, 0.25) is 0 Å². The lowest BCUT2D eigenvalue weighted by molar-refractivity contribution is 0.0925. The minimum Gasteiger partial charge on any atom is -0.507 e. The summed E-state index contributed by atoms with van der Waals surface area (Å²) in [6, 6.07) is 3.78. The number of hydrogen-bond donors (Lipinski definition) is 2. The minimum atomic E-state index is -0.734. The van der Waals surface area contributed by atoms with Crippen molar-refractivity contribution >= 4 is 17.5 Å². The fraction of sp³-hybridized carbons (Fsp3) is 0.500. The second-order valence-corrected chi connectivity index (χ2v) is 4.92. The Hall–Kier alpha value is -1.29. The monoisotopic (exact) mass is 287 g/mol. The van der Waals surface area contributed by atoms with Crippen LogP contribution in [0.2, 0.25) is 0 Å². The molecule has 1 aromatic carbocycles. The van der Waals surface area contributed by atoms with Crippen LogP contribution in [0.4, 0.5) is 4.39 Å². The van der Waals surface area contributed by atoms with E-state index in [0.717, 1.165) is 18.9 Å². The summed E-state index contributed by atoms with van der Waals surface area (Å²) >= 11 is 5.94. The summed E-state index contributed by atoms with van der Waals surface area (Å²) < 4.78 is 13.5. The number of halogens is 2. The van der Waals surface area contributed by atoms with E-state index in [9.17, 15) is 14.3 Å². The van der Waals surface area contributed by atoms with Crippen LogP contribution in [0.3, 0.4) is 0 Å². The lowest BCUT2D eigenvalue weighted by Crippen LogP contribution is -2.38. The van der Waals surface area contributed by atoms with E-state index in [1.165, 1.54) is 12.1 Å². The van der Waals surface area contributed by atoms with Gasteiger partial charge in [-0.2, -0.15) is 0 Å². The van der Waals surface area contributed by atoms with E-state index < -0.39 is 11.7 Å². The van der Waals surface area contributed by atoms with E-state index in [-0.39, 0.29) is 16.7 Å². The zero-order chi connectivity index (χ0) is 14.5. The van der Waals surface area contributed by atoms with Gasteiger partial charge in [-0.05, 0) is 25.0 Å². The van der Waals surface area contributed by atoms with Gasteiger partial charge in [-0.3, -0.25) is 4.79 Å². The number of phenols is 1. The van der Waals surface area contributed by atoms with Gasteiger partial charge in [-0.1, -0.05) is 19.9 Å². The first kappa shape index (κ1) is 15.8. The van der Waals surface area contributed by atoms with Crippen LogP contribution in [0.5, 0.6) is 5.75 Å². The molecule has 0 heterocycles. The van der Waals surface area contributed by atoms with Gasteiger partial charge in [0.25, 0.3) is 5.91 Å². The van der Waals surface area contributed by atoms with Crippen molar-refractivity contribution < 1.29 is 14.3 Å². The number of phenolic OH excluding ortho intramolecular Hbond substituents is 1. The summed E-state index contributed by atoms with van der Waals surface area (Å²) in [5.41, 5.74) is -0.517. The summed E-state index contributed by atoms with van der Waals surface area (Å²) in [7, 11) is 0. The number of carbonyl (C=O) groups excluding carboxylic acids is 1. The molecule has 1 rings (SSSR count). The largest absolute Gasteiger partial charge is 0.507 e. The van der Waals surface area contributed by atoms with Gasteiger partial charge < -0.3 is 10.4 Å². The van der Waals surface area contributed by atoms with Crippen LogP contribution in [0, 0.1) is 11.2 Å². The Labute approximate surface area is 117 Å². The highest BCUT2D eigenvalue weighted by molar-refractivity contribution is 6.18. The normalized spacial score (nSPS) is 11.4. The van der Waals surface area contributed by atoms with E-state index in [4.69, 9.17) is 11.6 Å². The maximum atomic E-state index is 13.5. The van der Waals surface area contributed by atoms with E-state index in [1.807, 2.05) is 13.8 Å². The smallest absolute Gasteiger partial charge is 0.258 e. The van der Waals surface area contributed by atoms with Gasteiger partial charge in [0.05, 0.1) is 0 Å². The van der Waals surface area contributed by atoms with Crippen LogP contribution in [0.15, 0.2) is 18.2 Å². The maximum absolute atomic E-state index is 13.5. The van der Waals surface area contributed by atoms with Crippen molar-refractivity contribution in [2.75, 3.05) is 12.4 Å². The number of amides is 1. The van der Waals surface area contributed by atoms with E-state index in [2.05, 4.69) is 5.32 Å². The molecule has 0 fully saturated rings. The van der Waals surface area contributed by atoms with E-state index >= 15 is 0 Å². The third-order valence-corrected chi connectivity index (χ3v) is 4.19. The molecule has 1 aromatic rings. The molecule has 0 unspecified atom stereocenters. The van der Waals surface area contributed by atoms with Crippen molar-refractivity contribution in [2.45, 2.75) is 26.7 Å². The lowest BCUT2D eigenvalue weighted by Gasteiger charge is -2.29. The molecule has 1 amide bonds. The lowest BCUT2D eigenvalue weighted by atomic mass is 9.84. The number of aromatic hydroxyl groups is 1. The third-order valence-electron chi connectivity index (χ3n) is 3.63. The Kier molecular flexibility index (Phi) is 5.60. The van der Waals surface area contributed by atoms with Crippen LogP contribution in [-0.4, -0.2) is 23.4 Å². The predicted octanol–water partition coefficient (Wildman–Crippen LogP) is 3.31. The zero-order valence-corrected chi connectivity index (χ0v) is 11.9. The Morgan fingerprint density at radius 2 is 2.05 bits per heavy atom. The highest BCUT2D eigenvalue weighted by Crippen LogP contribution is 2.27. The molecule has 0 aliphatic heterocycles. The molecule has 2 N–H and O–H groups in total. The first-order chi connectivity index (χ1) is 8.99. The Morgan fingerprint density at radius 1 is 1.42 bits per heavy atom. The van der Waals surface area contributed by atoms with Crippen molar-refractivity contribution in [3.05, 3.63) is 29.6 Å². The second-order valence-electron chi connectivity index (χ2n) is 4.66. The van der Waals surface area contributed by atoms with Gasteiger partial charge >= 0.3 is 0 Å². The Balaban J connectivity index is 2.81. The third kappa shape index (κ3) is 3.60. The van der Waals surface area contributed by atoms with Crippen molar-refractivity contribution in [3.63, 3.8) is 0 Å². The van der Waals surface area contributed by atoms with Gasteiger partial charge in [0.15, 0.2) is 0 Å². The molecule has 0 aliphatic carbocycles. The van der Waals surface area contributed by atoms with Crippen LogP contribution in [0.1, 0.15) is 37.0 Å². The number of rotatable bonds is 6. The van der Waals surface area contributed by atoms with Gasteiger partial charge in [0, 0.05) is 17.8 Å². The molecule has 3 nitrogen and oxygen atoms in total. The molecule has 0 saturated heterocycles. The molecular weight excluding hydrogens is 269 g/mol.